The van der Waals surface area contributed by atoms with Crippen LogP contribution in [0.2, 0.25) is 0 Å². The van der Waals surface area contributed by atoms with Gasteiger partial charge in [-0.2, -0.15) is 0 Å². The SMILES string of the molecule is O=C(Nc1ccccc1-n1ccnn1)c1c[nH]ccc1=O. The number of H-pyrrole nitrogens is 1. The van der Waals surface area contributed by atoms with Gasteiger partial charge in [-0.1, -0.05) is 17.3 Å². The molecule has 0 aliphatic heterocycles. The third-order valence-corrected chi connectivity index (χ3v) is 2.89. The zero-order chi connectivity index (χ0) is 14.7. The Labute approximate surface area is 119 Å². The largest absolute Gasteiger partial charge is 0.367 e. The Bertz CT molecular complexity index is 823. The summed E-state index contributed by atoms with van der Waals surface area (Å²) >= 11 is 0. The second-order valence-corrected chi connectivity index (χ2v) is 4.24. The first kappa shape index (κ1) is 12.8. The minimum Gasteiger partial charge on any atom is -0.367 e. The molecule has 0 radical (unpaired) electrons. The van der Waals surface area contributed by atoms with E-state index in [0.717, 1.165) is 0 Å². The van der Waals surface area contributed by atoms with Crippen molar-refractivity contribution in [3.63, 3.8) is 0 Å². The highest BCUT2D eigenvalue weighted by molar-refractivity contribution is 6.04. The van der Waals surface area contributed by atoms with Crippen LogP contribution in [0.3, 0.4) is 0 Å². The van der Waals surface area contributed by atoms with Crippen molar-refractivity contribution in [3.05, 3.63) is 70.9 Å². The van der Waals surface area contributed by atoms with E-state index in [1.807, 2.05) is 6.07 Å². The summed E-state index contributed by atoms with van der Waals surface area (Å²) in [5.41, 5.74) is 0.905. The minimum atomic E-state index is -0.482. The number of amides is 1. The lowest BCUT2D eigenvalue weighted by atomic mass is 10.2. The van der Waals surface area contributed by atoms with Gasteiger partial charge in [-0.25, -0.2) is 4.68 Å². The van der Waals surface area contributed by atoms with E-state index in [-0.39, 0.29) is 11.0 Å². The molecule has 0 bridgehead atoms. The molecule has 0 atom stereocenters. The summed E-state index contributed by atoms with van der Waals surface area (Å²) < 4.78 is 1.53. The molecule has 3 aromatic rings. The lowest BCUT2D eigenvalue weighted by molar-refractivity contribution is 0.102. The monoisotopic (exact) mass is 281 g/mol. The number of anilines is 1. The highest BCUT2D eigenvalue weighted by atomic mass is 16.2. The average Bonchev–Trinajstić information content (AvgIpc) is 3.02. The van der Waals surface area contributed by atoms with E-state index in [2.05, 4.69) is 20.6 Å². The molecule has 0 saturated carbocycles. The number of aromatic nitrogens is 4. The summed E-state index contributed by atoms with van der Waals surface area (Å²) in [7, 11) is 0. The quantitative estimate of drug-likeness (QED) is 0.754. The topological polar surface area (TPSA) is 92.7 Å². The molecule has 1 amide bonds. The highest BCUT2D eigenvalue weighted by Gasteiger charge is 2.12. The molecule has 0 spiro atoms. The molecule has 0 unspecified atom stereocenters. The summed E-state index contributed by atoms with van der Waals surface area (Å²) in [5.74, 6) is -0.482. The zero-order valence-electron chi connectivity index (χ0n) is 10.9. The van der Waals surface area contributed by atoms with Gasteiger partial charge in [0, 0.05) is 18.5 Å². The molecule has 21 heavy (non-hydrogen) atoms. The number of nitrogens with one attached hydrogen (secondary N) is 2. The Balaban J connectivity index is 1.95. The van der Waals surface area contributed by atoms with Crippen molar-refractivity contribution < 1.29 is 4.79 Å². The van der Waals surface area contributed by atoms with Crippen molar-refractivity contribution in [3.8, 4) is 5.69 Å². The first-order valence-electron chi connectivity index (χ1n) is 6.20. The fraction of sp³-hybridized carbons (Fsp3) is 0. The molecular weight excluding hydrogens is 270 g/mol. The molecule has 7 heteroatoms. The van der Waals surface area contributed by atoms with Crippen molar-refractivity contribution in [2.75, 3.05) is 5.32 Å². The number of pyridine rings is 1. The predicted octanol–water partition coefficient (Wildman–Crippen LogP) is 1.21. The summed E-state index contributed by atoms with van der Waals surface area (Å²) in [6, 6.07) is 8.43. The van der Waals surface area contributed by atoms with Crippen LogP contribution in [0.1, 0.15) is 10.4 Å². The Morgan fingerprint density at radius 2 is 2.10 bits per heavy atom. The van der Waals surface area contributed by atoms with E-state index in [0.29, 0.717) is 11.4 Å². The van der Waals surface area contributed by atoms with Gasteiger partial charge < -0.3 is 10.3 Å². The van der Waals surface area contributed by atoms with Crippen LogP contribution in [0.5, 0.6) is 0 Å². The van der Waals surface area contributed by atoms with Crippen LogP contribution >= 0.6 is 0 Å². The zero-order valence-corrected chi connectivity index (χ0v) is 10.9. The first-order chi connectivity index (χ1) is 10.3. The number of benzene rings is 1. The van der Waals surface area contributed by atoms with Crippen LogP contribution in [0, 0.1) is 0 Å². The van der Waals surface area contributed by atoms with Crippen LogP contribution in [-0.4, -0.2) is 25.9 Å². The lowest BCUT2D eigenvalue weighted by Gasteiger charge is -2.10. The molecule has 0 aliphatic carbocycles. The van der Waals surface area contributed by atoms with Gasteiger partial charge in [-0.15, -0.1) is 5.10 Å². The van der Waals surface area contributed by atoms with E-state index in [1.165, 1.54) is 23.1 Å². The van der Waals surface area contributed by atoms with Gasteiger partial charge in [0.05, 0.1) is 23.8 Å². The maximum Gasteiger partial charge on any atom is 0.261 e. The summed E-state index contributed by atoms with van der Waals surface area (Å²) in [5, 5.41) is 10.3. The molecule has 104 valence electrons. The Hall–Kier alpha value is -3.22. The van der Waals surface area contributed by atoms with E-state index in [1.54, 1.807) is 30.6 Å². The van der Waals surface area contributed by atoms with Gasteiger partial charge in [0.25, 0.3) is 5.91 Å². The second-order valence-electron chi connectivity index (χ2n) is 4.24. The standard InChI is InChI=1S/C14H11N5O2/c20-13-5-6-15-9-10(13)14(21)17-11-3-1-2-4-12(11)19-8-7-16-18-19/h1-9H,(H,15,20)(H,17,21). The molecule has 0 saturated heterocycles. The first-order valence-corrected chi connectivity index (χ1v) is 6.20. The predicted molar refractivity (Wildman–Crippen MR) is 76.4 cm³/mol. The van der Waals surface area contributed by atoms with Crippen LogP contribution in [0.15, 0.2) is 59.9 Å². The normalized spacial score (nSPS) is 10.3. The van der Waals surface area contributed by atoms with Crippen molar-refractivity contribution in [1.29, 1.82) is 0 Å². The van der Waals surface area contributed by atoms with Gasteiger partial charge in [0.1, 0.15) is 5.56 Å². The Morgan fingerprint density at radius 1 is 1.24 bits per heavy atom. The summed E-state index contributed by atoms with van der Waals surface area (Å²) in [6.07, 6.45) is 6.05. The fourth-order valence-electron chi connectivity index (χ4n) is 1.90. The average molecular weight is 281 g/mol. The van der Waals surface area contributed by atoms with Crippen LogP contribution in [0.4, 0.5) is 5.69 Å². The Kier molecular flexibility index (Phi) is 3.30. The van der Waals surface area contributed by atoms with Crippen molar-refractivity contribution in [2.24, 2.45) is 0 Å². The van der Waals surface area contributed by atoms with E-state index >= 15 is 0 Å². The Morgan fingerprint density at radius 3 is 2.86 bits per heavy atom. The van der Waals surface area contributed by atoms with E-state index in [4.69, 9.17) is 0 Å². The van der Waals surface area contributed by atoms with Gasteiger partial charge in [0.2, 0.25) is 0 Å². The van der Waals surface area contributed by atoms with Gasteiger partial charge in [0.15, 0.2) is 5.43 Å². The fourth-order valence-corrected chi connectivity index (χ4v) is 1.90. The smallest absolute Gasteiger partial charge is 0.261 e. The van der Waals surface area contributed by atoms with Crippen LogP contribution in [0.25, 0.3) is 5.69 Å². The van der Waals surface area contributed by atoms with Crippen LogP contribution < -0.4 is 10.7 Å². The molecular formula is C14H11N5O2. The summed E-state index contributed by atoms with van der Waals surface area (Å²) in [6.45, 7) is 0. The third-order valence-electron chi connectivity index (χ3n) is 2.89. The maximum absolute atomic E-state index is 12.2. The highest BCUT2D eigenvalue weighted by Crippen LogP contribution is 2.19. The molecule has 2 N–H and O–H groups in total. The molecule has 0 aliphatic rings. The van der Waals surface area contributed by atoms with E-state index in [9.17, 15) is 9.59 Å². The number of carbonyl (C=O) groups is 1. The minimum absolute atomic E-state index is 0.0471. The van der Waals surface area contributed by atoms with Gasteiger partial charge in [-0.3, -0.25) is 9.59 Å². The van der Waals surface area contributed by atoms with Gasteiger partial charge in [-0.05, 0) is 12.1 Å². The number of aromatic amines is 1. The number of para-hydroxylation sites is 2. The number of hydrogen-bond acceptors (Lipinski definition) is 4. The maximum atomic E-state index is 12.2. The van der Waals surface area contributed by atoms with Crippen LogP contribution in [-0.2, 0) is 0 Å². The molecule has 2 heterocycles. The molecule has 1 aromatic carbocycles. The lowest BCUT2D eigenvalue weighted by Crippen LogP contribution is -2.21. The molecule has 3 rings (SSSR count). The number of carbonyl (C=O) groups excluding carboxylic acids is 1. The van der Waals surface area contributed by atoms with Crippen molar-refractivity contribution in [2.45, 2.75) is 0 Å². The number of nitrogens with zero attached hydrogens (tertiary/aromatic N) is 3. The number of rotatable bonds is 3. The van der Waals surface area contributed by atoms with Crippen molar-refractivity contribution in [1.82, 2.24) is 20.0 Å². The molecule has 7 nitrogen and oxygen atoms in total. The summed E-state index contributed by atoms with van der Waals surface area (Å²) in [4.78, 5) is 26.6. The third kappa shape index (κ3) is 2.57. The van der Waals surface area contributed by atoms with Gasteiger partial charge >= 0.3 is 0 Å². The molecule has 2 aromatic heterocycles. The second kappa shape index (κ2) is 5.41. The van der Waals surface area contributed by atoms with E-state index < -0.39 is 5.91 Å². The molecule has 0 fully saturated rings. The van der Waals surface area contributed by atoms with Crippen molar-refractivity contribution >= 4 is 11.6 Å². The number of hydrogen-bond donors (Lipinski definition) is 2.